The van der Waals surface area contributed by atoms with Gasteiger partial charge in [-0.1, -0.05) is 12.1 Å². The van der Waals surface area contributed by atoms with Crippen LogP contribution in [0.4, 0.5) is 21.6 Å². The molecule has 1 amide bonds. The van der Waals surface area contributed by atoms with E-state index >= 15 is 0 Å². The Bertz CT molecular complexity index is 1220. The van der Waals surface area contributed by atoms with Gasteiger partial charge in [0.05, 0.1) is 35.6 Å². The predicted octanol–water partition coefficient (Wildman–Crippen LogP) is 3.71. The number of fused-ring (bicyclic) bond motifs is 2. The van der Waals surface area contributed by atoms with Crippen molar-refractivity contribution in [3.8, 4) is 0 Å². The number of carbonyl (C=O) groups is 2. The first-order valence-electron chi connectivity index (χ1n) is 10.7. The topological polar surface area (TPSA) is 113 Å². The summed E-state index contributed by atoms with van der Waals surface area (Å²) >= 11 is 0. The first-order valence-corrected chi connectivity index (χ1v) is 10.7. The van der Waals surface area contributed by atoms with E-state index in [0.717, 1.165) is 35.5 Å². The average molecular weight is 452 g/mol. The van der Waals surface area contributed by atoms with Gasteiger partial charge in [-0.2, -0.15) is 5.10 Å². The van der Waals surface area contributed by atoms with Crippen LogP contribution >= 0.6 is 0 Å². The number of aliphatic carboxylic acids is 1. The van der Waals surface area contributed by atoms with Gasteiger partial charge in [0.1, 0.15) is 11.6 Å². The van der Waals surface area contributed by atoms with E-state index in [0.29, 0.717) is 17.8 Å². The molecular weight excluding hydrogens is 425 g/mol. The number of rotatable bonds is 3. The summed E-state index contributed by atoms with van der Waals surface area (Å²) in [5.74, 6) is -0.768. The summed E-state index contributed by atoms with van der Waals surface area (Å²) in [6.45, 7) is 2.50. The van der Waals surface area contributed by atoms with Crippen LogP contribution in [0.3, 0.4) is 0 Å². The van der Waals surface area contributed by atoms with E-state index in [1.165, 1.54) is 12.1 Å². The monoisotopic (exact) mass is 451 g/mol. The molecule has 1 saturated carbocycles. The number of carboxylic acids is 1. The minimum atomic E-state index is -0.630. The Morgan fingerprint density at radius 1 is 1.24 bits per heavy atom. The number of amides is 1. The molecule has 0 atom stereocenters. The van der Waals surface area contributed by atoms with E-state index in [2.05, 4.69) is 10.4 Å². The van der Waals surface area contributed by atoms with Gasteiger partial charge in [0, 0.05) is 19.2 Å². The van der Waals surface area contributed by atoms with Crippen molar-refractivity contribution in [3.63, 3.8) is 0 Å². The molecule has 4 N–H and O–H groups in total. The second-order valence-electron chi connectivity index (χ2n) is 8.31. The van der Waals surface area contributed by atoms with Crippen molar-refractivity contribution in [3.05, 3.63) is 70.7 Å². The van der Waals surface area contributed by atoms with Gasteiger partial charge in [-0.15, -0.1) is 0 Å². The van der Waals surface area contributed by atoms with E-state index in [1.54, 1.807) is 21.8 Å². The third-order valence-electron chi connectivity index (χ3n) is 5.71. The molecule has 9 heteroatoms. The number of carboxylic acid groups (broad SMARTS) is 1. The van der Waals surface area contributed by atoms with Gasteiger partial charge >= 0.3 is 5.97 Å². The Morgan fingerprint density at radius 3 is 2.61 bits per heavy atom. The van der Waals surface area contributed by atoms with Crippen LogP contribution < -0.4 is 16.0 Å². The van der Waals surface area contributed by atoms with Crippen molar-refractivity contribution in [1.29, 1.82) is 0 Å². The Labute approximate surface area is 190 Å². The number of carbonyl (C=O) groups excluding carboxylic acids is 1. The van der Waals surface area contributed by atoms with Gasteiger partial charge in [-0.05, 0) is 55.2 Å². The van der Waals surface area contributed by atoms with Crippen molar-refractivity contribution in [2.75, 3.05) is 10.2 Å². The number of hydrogen-bond acceptors (Lipinski definition) is 5. The van der Waals surface area contributed by atoms with Gasteiger partial charge in [-0.25, -0.2) is 4.39 Å². The molecule has 2 aliphatic rings. The lowest BCUT2D eigenvalue weighted by atomic mass is 10.1. The highest BCUT2D eigenvalue weighted by Gasteiger charge is 2.29. The molecule has 0 radical (unpaired) electrons. The molecule has 3 aromatic rings. The normalized spacial score (nSPS) is 14.2. The molecule has 1 fully saturated rings. The van der Waals surface area contributed by atoms with Crippen molar-refractivity contribution < 1.29 is 19.1 Å². The zero-order valence-corrected chi connectivity index (χ0v) is 18.5. The third-order valence-corrected chi connectivity index (χ3v) is 5.71. The van der Waals surface area contributed by atoms with Crippen LogP contribution in [-0.2, 0) is 24.9 Å². The molecule has 0 saturated heterocycles. The van der Waals surface area contributed by atoms with Crippen molar-refractivity contribution in [1.82, 2.24) is 9.78 Å². The maximum atomic E-state index is 14.5. The van der Waals surface area contributed by atoms with Crippen LogP contribution in [0.5, 0.6) is 0 Å². The van der Waals surface area contributed by atoms with Crippen LogP contribution in [0, 0.1) is 18.7 Å². The van der Waals surface area contributed by atoms with Gasteiger partial charge in [0.2, 0.25) is 0 Å². The molecule has 1 aromatic heterocycles. The molecule has 2 heterocycles. The van der Waals surface area contributed by atoms with E-state index in [4.69, 9.17) is 10.8 Å². The second kappa shape index (κ2) is 9.03. The van der Waals surface area contributed by atoms with Gasteiger partial charge < -0.3 is 21.1 Å². The molecule has 5 rings (SSSR count). The molecule has 0 unspecified atom stereocenters. The van der Waals surface area contributed by atoms with Crippen LogP contribution in [0.15, 0.2) is 42.6 Å². The molecule has 1 aliphatic carbocycles. The highest BCUT2D eigenvalue weighted by Crippen LogP contribution is 2.37. The van der Waals surface area contributed by atoms with Gasteiger partial charge in [0.25, 0.3) is 5.91 Å². The zero-order valence-electron chi connectivity index (χ0n) is 18.5. The van der Waals surface area contributed by atoms with E-state index < -0.39 is 17.7 Å². The lowest BCUT2D eigenvalue weighted by Gasteiger charge is -2.23. The summed E-state index contributed by atoms with van der Waals surface area (Å²) in [6, 6.07) is 10.3. The quantitative estimate of drug-likeness (QED) is 0.559. The molecule has 0 bridgehead atoms. The van der Waals surface area contributed by atoms with Crippen LogP contribution in [0.1, 0.15) is 39.9 Å². The van der Waals surface area contributed by atoms with E-state index in [-0.39, 0.29) is 18.0 Å². The Balaban J connectivity index is 0.000000376. The van der Waals surface area contributed by atoms with Crippen LogP contribution in [0.2, 0.25) is 0 Å². The SMILES string of the molecule is Cc1ccc2c(c1)Nc1c(cnn1C)CN2C(=O)c1ccc(CN)cc1F.O=C(O)C1CC1. The summed E-state index contributed by atoms with van der Waals surface area (Å²) in [7, 11) is 1.84. The van der Waals surface area contributed by atoms with Crippen LogP contribution in [-0.4, -0.2) is 26.8 Å². The van der Waals surface area contributed by atoms with Crippen molar-refractivity contribution >= 4 is 29.1 Å². The zero-order chi connectivity index (χ0) is 23.7. The lowest BCUT2D eigenvalue weighted by molar-refractivity contribution is -0.138. The fourth-order valence-electron chi connectivity index (χ4n) is 3.64. The number of nitrogens with zero attached hydrogens (tertiary/aromatic N) is 3. The number of aromatic nitrogens is 2. The number of halogens is 1. The molecule has 1 aliphatic heterocycles. The summed E-state index contributed by atoms with van der Waals surface area (Å²) < 4.78 is 16.3. The summed E-state index contributed by atoms with van der Waals surface area (Å²) in [4.78, 5) is 24.6. The molecule has 0 spiro atoms. The Hall–Kier alpha value is -3.72. The first kappa shape index (κ1) is 22.5. The van der Waals surface area contributed by atoms with Crippen molar-refractivity contribution in [2.45, 2.75) is 32.9 Å². The largest absolute Gasteiger partial charge is 0.481 e. The standard InChI is InChI=1S/C20H20FN5O.C4H6O2/c1-12-3-6-18-17(7-12)24-19-14(10-23-25(19)2)11-26(18)20(27)15-5-4-13(9-22)8-16(15)21;5-4(6)3-1-2-3/h3-8,10,24H,9,11,22H2,1-2H3;3H,1-2H2,(H,5,6). The fraction of sp³-hybridized carbons (Fsp3) is 0.292. The first-order chi connectivity index (χ1) is 15.8. The number of anilines is 3. The summed E-state index contributed by atoms with van der Waals surface area (Å²) in [6.07, 6.45) is 3.51. The predicted molar refractivity (Wildman–Crippen MR) is 123 cm³/mol. The highest BCUT2D eigenvalue weighted by molar-refractivity contribution is 6.08. The van der Waals surface area contributed by atoms with Crippen molar-refractivity contribution in [2.24, 2.45) is 18.7 Å². The molecule has 2 aromatic carbocycles. The highest BCUT2D eigenvalue weighted by atomic mass is 19.1. The minimum absolute atomic E-state index is 0.0185. The molecule has 33 heavy (non-hydrogen) atoms. The average Bonchev–Trinajstić information content (AvgIpc) is 3.60. The number of benzene rings is 2. The van der Waals surface area contributed by atoms with Gasteiger partial charge in [0.15, 0.2) is 0 Å². The summed E-state index contributed by atoms with van der Waals surface area (Å²) in [5, 5.41) is 15.7. The molecular formula is C24H26FN5O3. The smallest absolute Gasteiger partial charge is 0.306 e. The lowest BCUT2D eigenvalue weighted by Crippen LogP contribution is -2.30. The second-order valence-corrected chi connectivity index (χ2v) is 8.31. The minimum Gasteiger partial charge on any atom is -0.481 e. The number of nitrogens with one attached hydrogen (secondary N) is 1. The Kier molecular flexibility index (Phi) is 6.15. The molecule has 172 valence electrons. The Morgan fingerprint density at radius 2 is 2.00 bits per heavy atom. The maximum absolute atomic E-state index is 14.5. The summed E-state index contributed by atoms with van der Waals surface area (Å²) in [5.41, 5.74) is 9.62. The van der Waals surface area contributed by atoms with E-state index in [9.17, 15) is 14.0 Å². The molecule has 8 nitrogen and oxygen atoms in total. The number of nitrogens with two attached hydrogens (primary N) is 1. The maximum Gasteiger partial charge on any atom is 0.306 e. The number of hydrogen-bond donors (Lipinski definition) is 3. The van der Waals surface area contributed by atoms with E-state index in [1.807, 2.05) is 32.2 Å². The number of aryl methyl sites for hydroxylation is 2. The fourth-order valence-corrected chi connectivity index (χ4v) is 3.64. The third kappa shape index (κ3) is 4.73. The van der Waals surface area contributed by atoms with Gasteiger partial charge in [-0.3, -0.25) is 14.3 Å². The van der Waals surface area contributed by atoms with Crippen LogP contribution in [0.25, 0.3) is 0 Å².